The van der Waals surface area contributed by atoms with Crippen LogP contribution in [0.3, 0.4) is 0 Å². The summed E-state index contributed by atoms with van der Waals surface area (Å²) in [5, 5.41) is 0. The topological polar surface area (TPSA) is 26.8 Å². The Morgan fingerprint density at radius 1 is 0.750 bits per heavy atom. The van der Waals surface area contributed by atoms with Crippen LogP contribution in [0.25, 0.3) is 0 Å². The minimum Gasteiger partial charge on any atom is -0.369 e. The Morgan fingerprint density at radius 2 is 1.36 bits per heavy atom. The summed E-state index contributed by atoms with van der Waals surface area (Å²) in [6.07, 6.45) is 7.38. The fourth-order valence-corrected chi connectivity index (χ4v) is 6.33. The molecule has 4 nitrogen and oxygen atoms in total. The molecule has 2 aliphatic rings. The molecule has 0 unspecified atom stereocenters. The average molecular weight is 586 g/mol. The summed E-state index contributed by atoms with van der Waals surface area (Å²) < 4.78 is 0. The first-order valence-corrected chi connectivity index (χ1v) is 16.3. The van der Waals surface area contributed by atoms with Crippen LogP contribution < -0.4 is 4.90 Å². The molecular weight excluding hydrogens is 538 g/mol. The van der Waals surface area contributed by atoms with Gasteiger partial charge in [-0.3, -0.25) is 9.69 Å². The lowest BCUT2D eigenvalue weighted by atomic mass is 9.88. The predicted octanol–water partition coefficient (Wildman–Crippen LogP) is 8.20. The molecule has 0 atom stereocenters. The third kappa shape index (κ3) is 8.27. The third-order valence-corrected chi connectivity index (χ3v) is 8.83. The fraction of sp³-hybridized carbons (Fsp3) is 0.325. The Kier molecular flexibility index (Phi) is 11.4. The minimum atomic E-state index is 0.161. The number of nitrogens with zero attached hydrogens (tertiary/aromatic N) is 3. The number of benzene rings is 4. The quantitative estimate of drug-likeness (QED) is 0.185. The van der Waals surface area contributed by atoms with Gasteiger partial charge in [-0.1, -0.05) is 116 Å². The SMILES string of the molecule is C/C=C/CC.O=C1c2cc(N3CCN(CCC(c4ccccc4)c4ccccc4)CC3)ccc2CCN1Cc1ccccc1. The Balaban J connectivity index is 0.000000712. The van der Waals surface area contributed by atoms with Crippen molar-refractivity contribution in [2.45, 2.75) is 45.6 Å². The van der Waals surface area contributed by atoms with E-state index in [2.05, 4.69) is 120 Å². The van der Waals surface area contributed by atoms with E-state index in [0.29, 0.717) is 12.5 Å². The Labute approximate surface area is 264 Å². The van der Waals surface area contributed by atoms with Crippen LogP contribution in [0.2, 0.25) is 0 Å². The van der Waals surface area contributed by atoms with Crippen LogP contribution in [0, 0.1) is 0 Å². The van der Waals surface area contributed by atoms with Crippen molar-refractivity contribution in [1.82, 2.24) is 9.80 Å². The Bertz CT molecular complexity index is 1420. The number of carbonyl (C=O) groups is 1. The first-order chi connectivity index (χ1) is 21.7. The predicted molar refractivity (Wildman–Crippen MR) is 184 cm³/mol. The lowest BCUT2D eigenvalue weighted by Crippen LogP contribution is -2.47. The van der Waals surface area contributed by atoms with E-state index in [1.165, 1.54) is 27.9 Å². The molecule has 0 aliphatic carbocycles. The van der Waals surface area contributed by atoms with E-state index in [-0.39, 0.29) is 5.91 Å². The molecule has 0 saturated carbocycles. The van der Waals surface area contributed by atoms with Gasteiger partial charge < -0.3 is 9.80 Å². The second-order valence-electron chi connectivity index (χ2n) is 11.8. The average Bonchev–Trinajstić information content (AvgIpc) is 3.08. The number of hydrogen-bond donors (Lipinski definition) is 0. The number of amides is 1. The van der Waals surface area contributed by atoms with Crippen molar-refractivity contribution in [3.8, 4) is 0 Å². The molecule has 0 aromatic heterocycles. The van der Waals surface area contributed by atoms with Crippen LogP contribution in [0.4, 0.5) is 5.69 Å². The highest BCUT2D eigenvalue weighted by atomic mass is 16.2. The van der Waals surface area contributed by atoms with E-state index in [1.54, 1.807) is 0 Å². The zero-order chi connectivity index (χ0) is 30.6. The van der Waals surface area contributed by atoms with Crippen LogP contribution in [-0.2, 0) is 13.0 Å². The van der Waals surface area contributed by atoms with E-state index in [9.17, 15) is 4.79 Å². The van der Waals surface area contributed by atoms with Gasteiger partial charge >= 0.3 is 0 Å². The van der Waals surface area contributed by atoms with Gasteiger partial charge in [-0.05, 0) is 67.1 Å². The summed E-state index contributed by atoms with van der Waals surface area (Å²) in [6, 6.07) is 38.7. The molecule has 4 aromatic carbocycles. The van der Waals surface area contributed by atoms with Crippen LogP contribution >= 0.6 is 0 Å². The lowest BCUT2D eigenvalue weighted by Gasteiger charge is -2.37. The lowest BCUT2D eigenvalue weighted by molar-refractivity contribution is 0.0727. The van der Waals surface area contributed by atoms with Gasteiger partial charge in [0.25, 0.3) is 5.91 Å². The van der Waals surface area contributed by atoms with Crippen LogP contribution in [-0.4, -0.2) is 55.0 Å². The second kappa shape index (κ2) is 16.1. The van der Waals surface area contributed by atoms with Crippen molar-refractivity contribution in [3.05, 3.63) is 149 Å². The number of carbonyl (C=O) groups excluding carboxylic acids is 1. The fourth-order valence-electron chi connectivity index (χ4n) is 6.33. The normalized spacial score (nSPS) is 15.3. The van der Waals surface area contributed by atoms with Crippen molar-refractivity contribution >= 4 is 11.6 Å². The monoisotopic (exact) mass is 585 g/mol. The molecule has 1 saturated heterocycles. The Morgan fingerprint density at radius 3 is 1.93 bits per heavy atom. The number of piperazine rings is 1. The number of allylic oxidation sites excluding steroid dienone is 2. The molecule has 0 spiro atoms. The van der Waals surface area contributed by atoms with E-state index in [4.69, 9.17) is 0 Å². The van der Waals surface area contributed by atoms with Gasteiger partial charge in [-0.15, -0.1) is 0 Å². The molecule has 0 radical (unpaired) electrons. The van der Waals surface area contributed by atoms with Gasteiger partial charge in [-0.2, -0.15) is 0 Å². The molecule has 4 aromatic rings. The van der Waals surface area contributed by atoms with Crippen molar-refractivity contribution in [3.63, 3.8) is 0 Å². The zero-order valence-electron chi connectivity index (χ0n) is 26.4. The molecule has 4 heteroatoms. The number of rotatable bonds is 9. The number of anilines is 1. The largest absolute Gasteiger partial charge is 0.369 e. The van der Waals surface area contributed by atoms with Crippen LogP contribution in [0.1, 0.15) is 65.2 Å². The summed E-state index contributed by atoms with van der Waals surface area (Å²) >= 11 is 0. The van der Waals surface area contributed by atoms with Gasteiger partial charge in [-0.25, -0.2) is 0 Å². The third-order valence-electron chi connectivity index (χ3n) is 8.83. The van der Waals surface area contributed by atoms with E-state index >= 15 is 0 Å². The summed E-state index contributed by atoms with van der Waals surface area (Å²) in [7, 11) is 0. The van der Waals surface area contributed by atoms with Gasteiger partial charge in [0.2, 0.25) is 0 Å². The molecule has 1 amide bonds. The van der Waals surface area contributed by atoms with Crippen molar-refractivity contribution in [2.24, 2.45) is 0 Å². The molecular formula is C40H47N3O. The highest BCUT2D eigenvalue weighted by Gasteiger charge is 2.26. The summed E-state index contributed by atoms with van der Waals surface area (Å²) in [5.41, 5.74) is 7.20. The molecule has 44 heavy (non-hydrogen) atoms. The molecule has 0 bridgehead atoms. The first kappa shape index (κ1) is 31.3. The van der Waals surface area contributed by atoms with Crippen molar-refractivity contribution < 1.29 is 4.79 Å². The molecule has 2 heterocycles. The molecule has 0 N–H and O–H groups in total. The highest BCUT2D eigenvalue weighted by molar-refractivity contribution is 5.97. The first-order valence-electron chi connectivity index (χ1n) is 16.3. The van der Waals surface area contributed by atoms with Gasteiger partial charge in [0.05, 0.1) is 0 Å². The van der Waals surface area contributed by atoms with Crippen LogP contribution in [0.5, 0.6) is 0 Å². The summed E-state index contributed by atoms with van der Waals surface area (Å²) in [4.78, 5) is 20.4. The van der Waals surface area contributed by atoms with E-state index < -0.39 is 0 Å². The van der Waals surface area contributed by atoms with E-state index in [1.807, 2.05) is 30.0 Å². The molecule has 6 rings (SSSR count). The summed E-state index contributed by atoms with van der Waals surface area (Å²) in [6.45, 7) is 10.8. The van der Waals surface area contributed by atoms with Gasteiger partial charge in [0.15, 0.2) is 0 Å². The highest BCUT2D eigenvalue weighted by Crippen LogP contribution is 2.29. The molecule has 228 valence electrons. The minimum absolute atomic E-state index is 0.161. The maximum absolute atomic E-state index is 13.4. The van der Waals surface area contributed by atoms with Crippen LogP contribution in [0.15, 0.2) is 121 Å². The van der Waals surface area contributed by atoms with Crippen molar-refractivity contribution in [1.29, 1.82) is 0 Å². The van der Waals surface area contributed by atoms with Gasteiger partial charge in [0.1, 0.15) is 0 Å². The maximum atomic E-state index is 13.4. The molecule has 2 aliphatic heterocycles. The smallest absolute Gasteiger partial charge is 0.254 e. The summed E-state index contributed by atoms with van der Waals surface area (Å²) in [5.74, 6) is 0.573. The molecule has 1 fully saturated rings. The van der Waals surface area contributed by atoms with Crippen molar-refractivity contribution in [2.75, 3.05) is 44.2 Å². The standard InChI is InChI=1S/C35H37N3O.C5H10/c39-35-34-26-32(17-16-31(34)18-21-38(35)27-28-10-4-1-5-11-28)37-24-22-36(23-25-37)20-19-33(29-12-6-2-7-13-29)30-14-8-3-9-15-30;1-3-5-4-2/h1-17,26,33H,18-25,27H2;3,5H,4H2,1-2H3/b;5-3+. The maximum Gasteiger partial charge on any atom is 0.254 e. The van der Waals surface area contributed by atoms with Gasteiger partial charge in [0, 0.05) is 56.4 Å². The van der Waals surface area contributed by atoms with E-state index in [0.717, 1.165) is 64.1 Å². The zero-order valence-corrected chi connectivity index (χ0v) is 26.4. The number of fused-ring (bicyclic) bond motifs is 1. The second-order valence-corrected chi connectivity index (χ2v) is 11.8. The Hall–Kier alpha value is -4.15. The number of hydrogen-bond acceptors (Lipinski definition) is 3.